The number of rotatable bonds is 4. The summed E-state index contributed by atoms with van der Waals surface area (Å²) in [6.45, 7) is 0.537. The number of ether oxygens (including phenoxy) is 1. The molecule has 0 radical (unpaired) electrons. The van der Waals surface area contributed by atoms with Crippen LogP contribution in [-0.2, 0) is 11.3 Å². The second-order valence-electron chi connectivity index (χ2n) is 5.78. The Labute approximate surface area is 143 Å². The zero-order valence-electron chi connectivity index (χ0n) is 13.6. The summed E-state index contributed by atoms with van der Waals surface area (Å²) in [5, 5.41) is 7.37. The zero-order chi connectivity index (χ0) is 17.2. The van der Waals surface area contributed by atoms with Crippen LogP contribution in [0, 0.1) is 0 Å². The lowest BCUT2D eigenvalue weighted by molar-refractivity contribution is -0.116. The molecule has 4 heterocycles. The number of fused-ring (bicyclic) bond motifs is 1. The molecule has 8 nitrogen and oxygen atoms in total. The summed E-state index contributed by atoms with van der Waals surface area (Å²) in [7, 11) is 1.52. The molecular formula is C17H16N6O2. The third-order valence-electron chi connectivity index (χ3n) is 4.18. The quantitative estimate of drug-likeness (QED) is 0.777. The first-order valence-corrected chi connectivity index (χ1v) is 7.85. The summed E-state index contributed by atoms with van der Waals surface area (Å²) in [6.07, 6.45) is 9.02. The molecule has 25 heavy (non-hydrogen) atoms. The van der Waals surface area contributed by atoms with Crippen molar-refractivity contribution in [3.8, 4) is 6.01 Å². The van der Waals surface area contributed by atoms with Gasteiger partial charge in [-0.1, -0.05) is 6.07 Å². The van der Waals surface area contributed by atoms with Crippen molar-refractivity contribution in [2.45, 2.75) is 18.9 Å². The number of carbonyl (C=O) groups excluding carboxylic acids is 1. The molecule has 1 amide bonds. The third-order valence-corrected chi connectivity index (χ3v) is 4.18. The lowest BCUT2D eigenvalue weighted by atomic mass is 9.89. The molecule has 1 N–H and O–H groups in total. The molecule has 3 aromatic rings. The maximum Gasteiger partial charge on any atom is 0.316 e. The fourth-order valence-corrected chi connectivity index (χ4v) is 2.96. The molecule has 1 atom stereocenters. The molecule has 0 aliphatic carbocycles. The monoisotopic (exact) mass is 336 g/mol. The molecule has 1 aliphatic heterocycles. The Morgan fingerprint density at radius 1 is 1.28 bits per heavy atom. The van der Waals surface area contributed by atoms with Crippen LogP contribution in [0.4, 0.5) is 5.82 Å². The summed E-state index contributed by atoms with van der Waals surface area (Å²) in [4.78, 5) is 24.6. The predicted octanol–water partition coefficient (Wildman–Crippen LogP) is 1.60. The highest BCUT2D eigenvalue weighted by Gasteiger charge is 2.30. The van der Waals surface area contributed by atoms with Crippen LogP contribution in [-0.4, -0.2) is 37.7 Å². The number of nitrogens with zero attached hydrogens (tertiary/aromatic N) is 5. The van der Waals surface area contributed by atoms with E-state index in [2.05, 4.69) is 25.4 Å². The van der Waals surface area contributed by atoms with Crippen LogP contribution in [0.2, 0.25) is 0 Å². The molecule has 126 valence electrons. The van der Waals surface area contributed by atoms with Gasteiger partial charge < -0.3 is 10.1 Å². The highest BCUT2D eigenvalue weighted by molar-refractivity contribution is 5.94. The summed E-state index contributed by atoms with van der Waals surface area (Å²) in [5.74, 6) is 0.527. The minimum absolute atomic E-state index is 0.0544. The van der Waals surface area contributed by atoms with Gasteiger partial charge in [0.05, 0.1) is 19.9 Å². The summed E-state index contributed by atoms with van der Waals surface area (Å²) in [6, 6.07) is 4.15. The number of methoxy groups -OCH3 is 1. The molecule has 0 aromatic carbocycles. The molecular weight excluding hydrogens is 320 g/mol. The molecule has 4 rings (SSSR count). The standard InChI is InChI=1S/C17H16N6O2/c1-25-17-19-7-12(8-20-17)13-5-15(24)22-16-14(13)9-21-23(16)10-11-3-2-4-18-6-11/h2-4,6-9,13H,5,10H2,1H3,(H,22,24). The van der Waals surface area contributed by atoms with E-state index in [1.54, 1.807) is 35.7 Å². The fourth-order valence-electron chi connectivity index (χ4n) is 2.96. The van der Waals surface area contributed by atoms with E-state index in [1.807, 2.05) is 12.1 Å². The average Bonchev–Trinajstić information content (AvgIpc) is 3.04. The van der Waals surface area contributed by atoms with Crippen LogP contribution in [0.3, 0.4) is 0 Å². The molecule has 0 bridgehead atoms. The van der Waals surface area contributed by atoms with Crippen molar-refractivity contribution in [2.75, 3.05) is 12.4 Å². The highest BCUT2D eigenvalue weighted by atomic mass is 16.5. The summed E-state index contributed by atoms with van der Waals surface area (Å²) in [5.41, 5.74) is 2.83. The first kappa shape index (κ1) is 15.3. The summed E-state index contributed by atoms with van der Waals surface area (Å²) >= 11 is 0. The zero-order valence-corrected chi connectivity index (χ0v) is 13.6. The highest BCUT2D eigenvalue weighted by Crippen LogP contribution is 2.36. The first-order chi connectivity index (χ1) is 12.2. The number of carbonyl (C=O) groups is 1. The Morgan fingerprint density at radius 3 is 2.84 bits per heavy atom. The van der Waals surface area contributed by atoms with Gasteiger partial charge in [-0.15, -0.1) is 0 Å². The largest absolute Gasteiger partial charge is 0.467 e. The lowest BCUT2D eigenvalue weighted by Crippen LogP contribution is -2.25. The Morgan fingerprint density at radius 2 is 2.12 bits per heavy atom. The van der Waals surface area contributed by atoms with Crippen LogP contribution in [0.1, 0.15) is 29.0 Å². The minimum Gasteiger partial charge on any atom is -0.467 e. The van der Waals surface area contributed by atoms with Crippen LogP contribution in [0.5, 0.6) is 6.01 Å². The van der Waals surface area contributed by atoms with Crippen LogP contribution < -0.4 is 10.1 Å². The Kier molecular flexibility index (Phi) is 3.85. The molecule has 1 unspecified atom stereocenters. The minimum atomic E-state index is -0.127. The smallest absolute Gasteiger partial charge is 0.316 e. The van der Waals surface area contributed by atoms with Gasteiger partial charge in [0.2, 0.25) is 5.91 Å². The van der Waals surface area contributed by atoms with Crippen molar-refractivity contribution in [3.05, 3.63) is 59.8 Å². The topological polar surface area (TPSA) is 94.8 Å². The Balaban J connectivity index is 1.68. The van der Waals surface area contributed by atoms with Crippen LogP contribution in [0.25, 0.3) is 0 Å². The van der Waals surface area contributed by atoms with Gasteiger partial charge in [0, 0.05) is 42.7 Å². The van der Waals surface area contributed by atoms with Gasteiger partial charge >= 0.3 is 6.01 Å². The van der Waals surface area contributed by atoms with Crippen molar-refractivity contribution in [3.63, 3.8) is 0 Å². The molecule has 0 saturated heterocycles. The second-order valence-corrected chi connectivity index (χ2v) is 5.78. The van der Waals surface area contributed by atoms with Gasteiger partial charge in [0.15, 0.2) is 0 Å². The molecule has 8 heteroatoms. The van der Waals surface area contributed by atoms with Crippen molar-refractivity contribution < 1.29 is 9.53 Å². The number of nitrogens with one attached hydrogen (secondary N) is 1. The Hall–Kier alpha value is -3.29. The van der Waals surface area contributed by atoms with Crippen molar-refractivity contribution in [1.82, 2.24) is 24.7 Å². The van der Waals surface area contributed by atoms with E-state index in [4.69, 9.17) is 4.74 Å². The molecule has 0 fully saturated rings. The van der Waals surface area contributed by atoms with Gasteiger partial charge in [-0.3, -0.25) is 9.78 Å². The van der Waals surface area contributed by atoms with Crippen molar-refractivity contribution >= 4 is 11.7 Å². The van der Waals surface area contributed by atoms with E-state index < -0.39 is 0 Å². The van der Waals surface area contributed by atoms with E-state index in [9.17, 15) is 4.79 Å². The van der Waals surface area contributed by atoms with Crippen LogP contribution >= 0.6 is 0 Å². The average molecular weight is 336 g/mol. The maximum absolute atomic E-state index is 12.2. The van der Waals surface area contributed by atoms with Gasteiger partial charge in [0.1, 0.15) is 5.82 Å². The first-order valence-electron chi connectivity index (χ1n) is 7.85. The van der Waals surface area contributed by atoms with Crippen molar-refractivity contribution in [1.29, 1.82) is 0 Å². The number of anilines is 1. The lowest BCUT2D eigenvalue weighted by Gasteiger charge is -2.23. The molecule has 0 spiro atoms. The number of hydrogen-bond donors (Lipinski definition) is 1. The van der Waals surface area contributed by atoms with E-state index in [0.717, 1.165) is 16.7 Å². The fraction of sp³-hybridized carbons (Fsp3) is 0.235. The SMILES string of the molecule is COc1ncc(C2CC(=O)Nc3c2cnn3Cc2cccnc2)cn1. The van der Waals surface area contributed by atoms with Gasteiger partial charge in [-0.2, -0.15) is 5.10 Å². The number of aromatic nitrogens is 5. The van der Waals surface area contributed by atoms with Gasteiger partial charge in [-0.25, -0.2) is 14.6 Å². The maximum atomic E-state index is 12.2. The Bertz CT molecular complexity index is 891. The van der Waals surface area contributed by atoms with E-state index in [-0.39, 0.29) is 11.8 Å². The molecule has 3 aromatic heterocycles. The second kappa shape index (κ2) is 6.31. The number of amides is 1. The number of hydrogen-bond acceptors (Lipinski definition) is 6. The molecule has 0 saturated carbocycles. The number of pyridine rings is 1. The predicted molar refractivity (Wildman–Crippen MR) is 89.2 cm³/mol. The van der Waals surface area contributed by atoms with Gasteiger partial charge in [-0.05, 0) is 17.2 Å². The van der Waals surface area contributed by atoms with E-state index >= 15 is 0 Å². The summed E-state index contributed by atoms with van der Waals surface area (Å²) < 4.78 is 6.77. The van der Waals surface area contributed by atoms with Crippen LogP contribution in [0.15, 0.2) is 43.1 Å². The normalized spacial score (nSPS) is 16.2. The van der Waals surface area contributed by atoms with Gasteiger partial charge in [0.25, 0.3) is 0 Å². The van der Waals surface area contributed by atoms with E-state index in [1.165, 1.54) is 7.11 Å². The van der Waals surface area contributed by atoms with Crippen molar-refractivity contribution in [2.24, 2.45) is 0 Å². The third kappa shape index (κ3) is 2.93. The molecule has 1 aliphatic rings. The van der Waals surface area contributed by atoms with E-state index in [0.29, 0.717) is 24.8 Å².